The van der Waals surface area contributed by atoms with Crippen LogP contribution < -0.4 is 10.1 Å². The second-order valence-corrected chi connectivity index (χ2v) is 4.99. The molecule has 0 radical (unpaired) electrons. The van der Waals surface area contributed by atoms with Gasteiger partial charge < -0.3 is 10.1 Å². The minimum Gasteiger partial charge on any atom is -0.437 e. The number of aromatic nitrogens is 2. The molecule has 3 rings (SSSR count). The van der Waals surface area contributed by atoms with Gasteiger partial charge in [0.25, 0.3) is 0 Å². The van der Waals surface area contributed by atoms with Gasteiger partial charge in [0.15, 0.2) is 0 Å². The first-order valence-corrected chi connectivity index (χ1v) is 7.19. The first-order valence-electron chi connectivity index (χ1n) is 7.19. The van der Waals surface area contributed by atoms with Crippen molar-refractivity contribution >= 4 is 5.65 Å². The van der Waals surface area contributed by atoms with E-state index in [-0.39, 0.29) is 0 Å². The molecule has 0 bridgehead atoms. The van der Waals surface area contributed by atoms with Crippen LogP contribution in [0.1, 0.15) is 18.2 Å². The minimum absolute atomic E-state index is 0.658. The smallest absolute Gasteiger partial charge is 0.242 e. The Bertz CT molecular complexity index is 731. The van der Waals surface area contributed by atoms with Gasteiger partial charge in [0.2, 0.25) is 5.88 Å². The van der Waals surface area contributed by atoms with Crippen LogP contribution in [0.2, 0.25) is 0 Å². The lowest BCUT2D eigenvalue weighted by Gasteiger charge is -2.07. The molecule has 21 heavy (non-hydrogen) atoms. The van der Waals surface area contributed by atoms with Gasteiger partial charge in [-0.1, -0.05) is 30.7 Å². The average Bonchev–Trinajstić information content (AvgIpc) is 2.85. The number of benzene rings is 1. The molecule has 1 aromatic carbocycles. The van der Waals surface area contributed by atoms with Gasteiger partial charge in [-0.15, -0.1) is 0 Å². The molecule has 0 aliphatic rings. The summed E-state index contributed by atoms with van der Waals surface area (Å²) in [7, 11) is 0. The molecule has 0 spiro atoms. The lowest BCUT2D eigenvalue weighted by molar-refractivity contribution is 0.456. The molecule has 0 atom stereocenters. The summed E-state index contributed by atoms with van der Waals surface area (Å²) >= 11 is 0. The second-order valence-electron chi connectivity index (χ2n) is 4.99. The Kier molecular flexibility index (Phi) is 3.88. The summed E-state index contributed by atoms with van der Waals surface area (Å²) in [5, 5.41) is 3.34. The molecule has 0 fully saturated rings. The van der Waals surface area contributed by atoms with Crippen molar-refractivity contribution in [2.24, 2.45) is 0 Å². The lowest BCUT2D eigenvalue weighted by Crippen LogP contribution is -2.14. The van der Waals surface area contributed by atoms with Gasteiger partial charge in [0.1, 0.15) is 17.1 Å². The molecule has 0 saturated heterocycles. The summed E-state index contributed by atoms with van der Waals surface area (Å²) < 4.78 is 8.04. The standard InChI is InChI=1S/C17H19N3O/c1-3-18-12-15-17(19-16-6-4-5-11-20(15)16)21-14-9-7-13(2)8-10-14/h4-11,18H,3,12H2,1-2H3. The molecule has 4 nitrogen and oxygen atoms in total. The van der Waals surface area contributed by atoms with Crippen LogP contribution in [-0.4, -0.2) is 15.9 Å². The first-order chi connectivity index (χ1) is 10.3. The molecular weight excluding hydrogens is 262 g/mol. The number of imidazole rings is 1. The summed E-state index contributed by atoms with van der Waals surface area (Å²) in [6.07, 6.45) is 2.01. The molecule has 0 amide bonds. The largest absolute Gasteiger partial charge is 0.437 e. The Morgan fingerprint density at radius 1 is 1.14 bits per heavy atom. The highest BCUT2D eigenvalue weighted by atomic mass is 16.5. The molecule has 0 unspecified atom stereocenters. The Morgan fingerprint density at radius 3 is 2.71 bits per heavy atom. The van der Waals surface area contributed by atoms with E-state index in [1.807, 2.05) is 48.7 Å². The molecule has 3 aromatic rings. The SMILES string of the molecule is CCNCc1c(Oc2ccc(C)cc2)nc2ccccn12. The molecule has 0 aliphatic carbocycles. The maximum Gasteiger partial charge on any atom is 0.242 e. The van der Waals surface area contributed by atoms with E-state index in [0.717, 1.165) is 30.2 Å². The first kappa shape index (κ1) is 13.6. The van der Waals surface area contributed by atoms with Crippen molar-refractivity contribution in [3.63, 3.8) is 0 Å². The quantitative estimate of drug-likeness (QED) is 0.777. The molecule has 4 heteroatoms. The number of ether oxygens (including phenoxy) is 1. The van der Waals surface area contributed by atoms with Crippen LogP contribution in [0.3, 0.4) is 0 Å². The molecular formula is C17H19N3O. The van der Waals surface area contributed by atoms with Crippen molar-refractivity contribution in [2.75, 3.05) is 6.54 Å². The zero-order valence-corrected chi connectivity index (χ0v) is 12.3. The van der Waals surface area contributed by atoms with Gasteiger partial charge in [0, 0.05) is 12.7 Å². The van der Waals surface area contributed by atoms with Gasteiger partial charge in [0.05, 0.1) is 0 Å². The van der Waals surface area contributed by atoms with Gasteiger partial charge in [-0.2, -0.15) is 4.98 Å². The zero-order chi connectivity index (χ0) is 14.7. The van der Waals surface area contributed by atoms with Crippen molar-refractivity contribution in [1.82, 2.24) is 14.7 Å². The summed E-state index contributed by atoms with van der Waals surface area (Å²) in [5.41, 5.74) is 3.14. The highest BCUT2D eigenvalue weighted by molar-refractivity contribution is 5.46. The van der Waals surface area contributed by atoms with E-state index < -0.39 is 0 Å². The molecule has 2 aromatic heterocycles. The van der Waals surface area contributed by atoms with Crippen molar-refractivity contribution < 1.29 is 4.74 Å². The predicted octanol–water partition coefficient (Wildman–Crippen LogP) is 3.54. The molecule has 0 saturated carbocycles. The van der Waals surface area contributed by atoms with Crippen molar-refractivity contribution in [2.45, 2.75) is 20.4 Å². The summed E-state index contributed by atoms with van der Waals surface area (Å²) in [5.74, 6) is 1.47. The average molecular weight is 281 g/mol. The fourth-order valence-corrected chi connectivity index (χ4v) is 2.23. The van der Waals surface area contributed by atoms with Crippen LogP contribution >= 0.6 is 0 Å². The summed E-state index contributed by atoms with van der Waals surface area (Å²) in [4.78, 5) is 4.58. The van der Waals surface area contributed by atoms with E-state index in [1.54, 1.807) is 0 Å². The van der Waals surface area contributed by atoms with E-state index >= 15 is 0 Å². The van der Waals surface area contributed by atoms with Crippen LogP contribution in [0, 0.1) is 6.92 Å². The number of nitrogens with one attached hydrogen (secondary N) is 1. The van der Waals surface area contributed by atoms with E-state index in [4.69, 9.17) is 4.74 Å². The van der Waals surface area contributed by atoms with E-state index in [1.165, 1.54) is 5.56 Å². The van der Waals surface area contributed by atoms with Crippen molar-refractivity contribution in [3.05, 3.63) is 59.9 Å². The number of hydrogen-bond donors (Lipinski definition) is 1. The maximum atomic E-state index is 5.97. The molecule has 2 heterocycles. The Labute approximate surface area is 124 Å². The fraction of sp³-hybridized carbons (Fsp3) is 0.235. The van der Waals surface area contributed by atoms with Crippen LogP contribution in [0.5, 0.6) is 11.6 Å². The number of hydrogen-bond acceptors (Lipinski definition) is 3. The van der Waals surface area contributed by atoms with Crippen LogP contribution in [-0.2, 0) is 6.54 Å². The van der Waals surface area contributed by atoms with Gasteiger partial charge in [-0.25, -0.2) is 0 Å². The summed E-state index contributed by atoms with van der Waals surface area (Å²) in [6, 6.07) is 14.0. The Balaban J connectivity index is 1.97. The Hall–Kier alpha value is -2.33. The summed E-state index contributed by atoms with van der Waals surface area (Å²) in [6.45, 7) is 5.78. The maximum absolute atomic E-state index is 5.97. The molecule has 108 valence electrons. The van der Waals surface area contributed by atoms with E-state index in [9.17, 15) is 0 Å². The third-order valence-corrected chi connectivity index (χ3v) is 3.37. The molecule has 1 N–H and O–H groups in total. The highest BCUT2D eigenvalue weighted by Crippen LogP contribution is 2.26. The number of rotatable bonds is 5. The van der Waals surface area contributed by atoms with E-state index in [2.05, 4.69) is 28.5 Å². The van der Waals surface area contributed by atoms with E-state index in [0.29, 0.717) is 5.88 Å². The molecule has 0 aliphatic heterocycles. The van der Waals surface area contributed by atoms with Crippen molar-refractivity contribution in [3.8, 4) is 11.6 Å². The third-order valence-electron chi connectivity index (χ3n) is 3.37. The Morgan fingerprint density at radius 2 is 1.95 bits per heavy atom. The predicted molar refractivity (Wildman–Crippen MR) is 83.8 cm³/mol. The monoisotopic (exact) mass is 281 g/mol. The van der Waals surface area contributed by atoms with Gasteiger partial charge in [-0.05, 0) is 37.7 Å². The number of fused-ring (bicyclic) bond motifs is 1. The third kappa shape index (κ3) is 2.90. The van der Waals surface area contributed by atoms with Gasteiger partial charge >= 0.3 is 0 Å². The van der Waals surface area contributed by atoms with Gasteiger partial charge in [-0.3, -0.25) is 4.40 Å². The lowest BCUT2D eigenvalue weighted by atomic mass is 10.2. The fourth-order valence-electron chi connectivity index (χ4n) is 2.23. The van der Waals surface area contributed by atoms with Crippen LogP contribution in [0.4, 0.5) is 0 Å². The number of aryl methyl sites for hydroxylation is 1. The highest BCUT2D eigenvalue weighted by Gasteiger charge is 2.13. The van der Waals surface area contributed by atoms with Crippen LogP contribution in [0.15, 0.2) is 48.7 Å². The number of nitrogens with zero attached hydrogens (tertiary/aromatic N) is 2. The normalized spacial score (nSPS) is 11.0. The van der Waals surface area contributed by atoms with Crippen molar-refractivity contribution in [1.29, 1.82) is 0 Å². The second kappa shape index (κ2) is 5.97. The zero-order valence-electron chi connectivity index (χ0n) is 12.3. The minimum atomic E-state index is 0.658. The topological polar surface area (TPSA) is 38.6 Å². The number of pyridine rings is 1. The van der Waals surface area contributed by atoms with Crippen LogP contribution in [0.25, 0.3) is 5.65 Å².